The van der Waals surface area contributed by atoms with Crippen LogP contribution < -0.4 is 5.32 Å². The van der Waals surface area contributed by atoms with Crippen LogP contribution in [-0.4, -0.2) is 34.3 Å². The van der Waals surface area contributed by atoms with Crippen LogP contribution in [0.2, 0.25) is 0 Å². The molecule has 0 aliphatic heterocycles. The molecule has 0 saturated heterocycles. The third kappa shape index (κ3) is 4.22. The molecule has 0 heterocycles. The lowest BCUT2D eigenvalue weighted by Crippen LogP contribution is -2.48. The third-order valence-electron chi connectivity index (χ3n) is 2.91. The molecule has 7 heteroatoms. The molecule has 2 atom stereocenters. The second-order valence-electron chi connectivity index (χ2n) is 4.24. The number of Topliss-reactive ketones (excluding diaryl/α,β-unsaturated/α-hetero) is 1. The molecule has 4 nitrogen and oxygen atoms in total. The lowest BCUT2D eigenvalue weighted by Gasteiger charge is -2.33. The Morgan fingerprint density at radius 3 is 2.65 bits per heavy atom. The topological polar surface area (TPSA) is 66.4 Å². The molecule has 1 aliphatic carbocycles. The van der Waals surface area contributed by atoms with Gasteiger partial charge in [0, 0.05) is 12.8 Å². The Bertz CT molecular complexity index is 312. The second-order valence-corrected chi connectivity index (χ2v) is 4.80. The molecule has 0 radical (unpaired) electrons. The number of carboxylic acid groups (broad SMARTS) is 1. The van der Waals surface area contributed by atoms with Gasteiger partial charge in [-0.25, -0.2) is 13.6 Å². The van der Waals surface area contributed by atoms with Crippen LogP contribution in [0.5, 0.6) is 0 Å². The maximum absolute atomic E-state index is 13.2. The fourth-order valence-electron chi connectivity index (χ4n) is 2.17. The first-order chi connectivity index (χ1) is 7.85. The Morgan fingerprint density at radius 1 is 1.53 bits per heavy atom. The Balaban J connectivity index is 2.75. The molecule has 0 aromatic heterocycles. The highest BCUT2D eigenvalue weighted by Gasteiger charge is 2.41. The Morgan fingerprint density at radius 2 is 2.18 bits per heavy atom. The van der Waals surface area contributed by atoms with Gasteiger partial charge in [-0.1, -0.05) is 15.9 Å². The number of rotatable bonds is 4. The van der Waals surface area contributed by atoms with E-state index in [1.165, 1.54) is 0 Å². The fraction of sp³-hybridized carbons (Fsp3) is 0.800. The molecule has 1 fully saturated rings. The van der Waals surface area contributed by atoms with Crippen LogP contribution in [0.15, 0.2) is 0 Å². The van der Waals surface area contributed by atoms with Crippen molar-refractivity contribution in [3.05, 3.63) is 0 Å². The van der Waals surface area contributed by atoms with E-state index in [0.29, 0.717) is 12.8 Å². The van der Waals surface area contributed by atoms with Crippen LogP contribution >= 0.6 is 15.9 Å². The summed E-state index contributed by atoms with van der Waals surface area (Å²) in [7, 11) is 0. The van der Waals surface area contributed by atoms with E-state index in [9.17, 15) is 18.4 Å². The van der Waals surface area contributed by atoms with Crippen molar-refractivity contribution in [2.45, 2.75) is 37.6 Å². The maximum Gasteiger partial charge on any atom is 0.405 e. The first-order valence-electron chi connectivity index (χ1n) is 5.31. The van der Waals surface area contributed by atoms with Crippen LogP contribution in [0.1, 0.15) is 25.7 Å². The second kappa shape index (κ2) is 5.75. The Hall–Kier alpha value is -0.720. The monoisotopic (exact) mass is 313 g/mol. The van der Waals surface area contributed by atoms with Crippen molar-refractivity contribution < 1.29 is 23.5 Å². The molecule has 2 N–H and O–H groups in total. The molecule has 1 rings (SSSR count). The minimum atomic E-state index is -2.80. The normalized spacial score (nSPS) is 25.0. The van der Waals surface area contributed by atoms with E-state index in [2.05, 4.69) is 15.9 Å². The molecule has 1 amide bonds. The van der Waals surface area contributed by atoms with Gasteiger partial charge in [0.2, 0.25) is 5.92 Å². The molecule has 0 aromatic rings. The summed E-state index contributed by atoms with van der Waals surface area (Å²) in [5, 5.41) is 10.6. The highest BCUT2D eigenvalue weighted by molar-refractivity contribution is 9.09. The van der Waals surface area contributed by atoms with Gasteiger partial charge < -0.3 is 10.4 Å². The fourth-order valence-corrected chi connectivity index (χ4v) is 2.52. The summed E-state index contributed by atoms with van der Waals surface area (Å²) in [6.45, 7) is 0. The van der Waals surface area contributed by atoms with E-state index in [0.717, 1.165) is 0 Å². The molecule has 1 aliphatic rings. The number of nitrogens with one attached hydrogen (secondary N) is 1. The number of hydrogen-bond donors (Lipinski definition) is 2. The summed E-state index contributed by atoms with van der Waals surface area (Å²) >= 11 is 2.93. The minimum absolute atomic E-state index is 0.0416. The van der Waals surface area contributed by atoms with Gasteiger partial charge in [-0.3, -0.25) is 4.79 Å². The molecule has 0 aromatic carbocycles. The number of ketones is 1. The smallest absolute Gasteiger partial charge is 0.405 e. The zero-order valence-electron chi connectivity index (χ0n) is 9.09. The lowest BCUT2D eigenvalue weighted by molar-refractivity contribution is -0.122. The number of amides is 1. The molecule has 1 unspecified atom stereocenters. The first kappa shape index (κ1) is 14.3. The Labute approximate surface area is 106 Å². The number of hydrogen-bond acceptors (Lipinski definition) is 2. The summed E-state index contributed by atoms with van der Waals surface area (Å²) in [6.07, 6.45) is -1.23. The number of halogens is 3. The van der Waals surface area contributed by atoms with Crippen molar-refractivity contribution in [1.82, 2.24) is 5.32 Å². The third-order valence-corrected chi connectivity index (χ3v) is 3.46. The van der Waals surface area contributed by atoms with Gasteiger partial charge in [-0.15, -0.1) is 0 Å². The SMILES string of the molecule is O=C(O)NC(C(=O)CBr)[C@H]1CCCC(F)(F)C1. The molecule has 98 valence electrons. The molecule has 0 spiro atoms. The van der Waals surface area contributed by atoms with Crippen LogP contribution in [0, 0.1) is 5.92 Å². The Kier molecular flexibility index (Phi) is 4.85. The predicted octanol–water partition coefficient (Wildman–Crippen LogP) is 2.41. The first-order valence-corrected chi connectivity index (χ1v) is 6.44. The zero-order chi connectivity index (χ0) is 13.1. The summed E-state index contributed by atoms with van der Waals surface area (Å²) < 4.78 is 26.4. The van der Waals surface area contributed by atoms with Crippen molar-refractivity contribution in [3.63, 3.8) is 0 Å². The standard InChI is InChI=1S/C10H14BrF2NO3/c11-5-7(15)8(14-9(16)17)6-2-1-3-10(12,13)4-6/h6,8,14H,1-5H2,(H,16,17)/t6-,8?/m0/s1. The number of alkyl halides is 3. The summed E-state index contributed by atoms with van der Waals surface area (Å²) in [5.74, 6) is -3.83. The van der Waals surface area contributed by atoms with Crippen molar-refractivity contribution in [3.8, 4) is 0 Å². The molecular formula is C10H14BrF2NO3. The highest BCUT2D eigenvalue weighted by atomic mass is 79.9. The summed E-state index contributed by atoms with van der Waals surface area (Å²) in [5.41, 5.74) is 0. The van der Waals surface area contributed by atoms with E-state index in [1.54, 1.807) is 0 Å². The summed E-state index contributed by atoms with van der Waals surface area (Å²) in [6, 6.07) is -1.04. The van der Waals surface area contributed by atoms with Crippen molar-refractivity contribution >= 4 is 27.8 Å². The van der Waals surface area contributed by atoms with E-state index in [1.807, 2.05) is 5.32 Å². The average molecular weight is 314 g/mol. The lowest BCUT2D eigenvalue weighted by atomic mass is 9.80. The number of carbonyl (C=O) groups excluding carboxylic acids is 1. The number of carbonyl (C=O) groups is 2. The molecule has 1 saturated carbocycles. The van der Waals surface area contributed by atoms with Crippen molar-refractivity contribution in [2.75, 3.05) is 5.33 Å². The van der Waals surface area contributed by atoms with E-state index in [4.69, 9.17) is 5.11 Å². The minimum Gasteiger partial charge on any atom is -0.465 e. The van der Waals surface area contributed by atoms with Gasteiger partial charge in [-0.05, 0) is 18.8 Å². The quantitative estimate of drug-likeness (QED) is 0.783. The van der Waals surface area contributed by atoms with E-state index >= 15 is 0 Å². The highest BCUT2D eigenvalue weighted by Crippen LogP contribution is 2.38. The average Bonchev–Trinajstić information content (AvgIpc) is 2.23. The summed E-state index contributed by atoms with van der Waals surface area (Å²) in [4.78, 5) is 22.1. The van der Waals surface area contributed by atoms with Crippen LogP contribution in [-0.2, 0) is 4.79 Å². The van der Waals surface area contributed by atoms with Gasteiger partial charge in [0.05, 0.1) is 11.4 Å². The van der Waals surface area contributed by atoms with Crippen LogP contribution in [0.3, 0.4) is 0 Å². The van der Waals surface area contributed by atoms with Crippen LogP contribution in [0.4, 0.5) is 13.6 Å². The van der Waals surface area contributed by atoms with Crippen molar-refractivity contribution in [2.24, 2.45) is 5.92 Å². The maximum atomic E-state index is 13.2. The van der Waals surface area contributed by atoms with Crippen molar-refractivity contribution in [1.29, 1.82) is 0 Å². The van der Waals surface area contributed by atoms with Gasteiger partial charge in [0.25, 0.3) is 0 Å². The molecule has 0 bridgehead atoms. The predicted molar refractivity (Wildman–Crippen MR) is 60.7 cm³/mol. The van der Waals surface area contributed by atoms with Gasteiger partial charge in [-0.2, -0.15) is 0 Å². The largest absolute Gasteiger partial charge is 0.465 e. The van der Waals surface area contributed by atoms with E-state index < -0.39 is 36.2 Å². The zero-order valence-corrected chi connectivity index (χ0v) is 10.7. The van der Waals surface area contributed by atoms with Crippen LogP contribution in [0.25, 0.3) is 0 Å². The molecular weight excluding hydrogens is 300 g/mol. The van der Waals surface area contributed by atoms with E-state index in [-0.39, 0.29) is 11.8 Å². The van der Waals surface area contributed by atoms with Gasteiger partial charge in [0.1, 0.15) is 0 Å². The molecule has 17 heavy (non-hydrogen) atoms. The van der Waals surface area contributed by atoms with Gasteiger partial charge >= 0.3 is 6.09 Å². The van der Waals surface area contributed by atoms with Gasteiger partial charge in [0.15, 0.2) is 5.78 Å².